The molecule has 0 aliphatic rings. The number of rotatable bonds is 5. The van der Waals surface area contributed by atoms with Gasteiger partial charge in [0, 0.05) is 20.6 Å². The molecule has 0 saturated heterocycles. The van der Waals surface area contributed by atoms with Gasteiger partial charge < -0.3 is 16.0 Å². The lowest BCUT2D eigenvalue weighted by atomic mass is 9.92. The summed E-state index contributed by atoms with van der Waals surface area (Å²) in [4.78, 5) is 24.0. The fraction of sp³-hybridized carbons (Fsp3) is 0.800. The van der Waals surface area contributed by atoms with E-state index in [0.29, 0.717) is 6.54 Å². The van der Waals surface area contributed by atoms with Gasteiger partial charge in [-0.2, -0.15) is 0 Å². The molecule has 0 bridgehead atoms. The number of primary amides is 1. The minimum atomic E-state index is -0.638. The Morgan fingerprint density at radius 2 is 1.87 bits per heavy atom. The van der Waals surface area contributed by atoms with E-state index < -0.39 is 5.41 Å². The number of nitrogens with one attached hydrogen (secondary N) is 1. The van der Waals surface area contributed by atoms with Gasteiger partial charge in [-0.1, -0.05) is 0 Å². The standard InChI is InChI=1S/C10H21N3O2/c1-7(8(14)13(4)5)12-6-10(2,3)9(11)15/h7,12H,6H2,1-5H3,(H2,11,15). The predicted molar refractivity (Wildman–Crippen MR) is 59.1 cm³/mol. The van der Waals surface area contributed by atoms with Crippen LogP contribution in [-0.4, -0.2) is 43.4 Å². The van der Waals surface area contributed by atoms with Crippen molar-refractivity contribution in [3.63, 3.8) is 0 Å². The summed E-state index contributed by atoms with van der Waals surface area (Å²) in [6, 6.07) is -0.307. The second-order valence-electron chi connectivity index (χ2n) is 4.58. The smallest absolute Gasteiger partial charge is 0.238 e. The second kappa shape index (κ2) is 5.11. The van der Waals surface area contributed by atoms with Crippen LogP contribution in [0, 0.1) is 5.41 Å². The van der Waals surface area contributed by atoms with Gasteiger partial charge in [0.05, 0.1) is 11.5 Å². The highest BCUT2D eigenvalue weighted by Gasteiger charge is 2.26. The lowest BCUT2D eigenvalue weighted by Gasteiger charge is -2.24. The molecule has 0 aliphatic heterocycles. The highest BCUT2D eigenvalue weighted by atomic mass is 16.2. The van der Waals surface area contributed by atoms with Gasteiger partial charge in [-0.25, -0.2) is 0 Å². The summed E-state index contributed by atoms with van der Waals surface area (Å²) in [6.45, 7) is 5.65. The lowest BCUT2D eigenvalue weighted by Crippen LogP contribution is -2.48. The topological polar surface area (TPSA) is 75.4 Å². The third-order valence-electron chi connectivity index (χ3n) is 2.33. The molecule has 0 saturated carbocycles. The molecule has 0 aliphatic carbocycles. The van der Waals surface area contributed by atoms with Crippen LogP contribution in [0.5, 0.6) is 0 Å². The molecule has 1 atom stereocenters. The maximum absolute atomic E-state index is 11.5. The average Bonchev–Trinajstić information content (AvgIpc) is 2.12. The van der Waals surface area contributed by atoms with Crippen molar-refractivity contribution >= 4 is 11.8 Å². The first kappa shape index (κ1) is 13.9. The average molecular weight is 215 g/mol. The van der Waals surface area contributed by atoms with Crippen molar-refractivity contribution in [3.8, 4) is 0 Å². The first-order valence-corrected chi connectivity index (χ1v) is 4.93. The van der Waals surface area contributed by atoms with Gasteiger partial charge in [0.15, 0.2) is 0 Å². The molecule has 0 spiro atoms. The van der Waals surface area contributed by atoms with E-state index in [1.807, 2.05) is 0 Å². The fourth-order valence-electron chi connectivity index (χ4n) is 0.970. The van der Waals surface area contributed by atoms with Crippen LogP contribution < -0.4 is 11.1 Å². The third kappa shape index (κ3) is 4.29. The van der Waals surface area contributed by atoms with E-state index in [1.165, 1.54) is 4.90 Å². The summed E-state index contributed by atoms with van der Waals surface area (Å²) >= 11 is 0. The van der Waals surface area contributed by atoms with Crippen LogP contribution in [0.3, 0.4) is 0 Å². The molecule has 3 N–H and O–H groups in total. The maximum atomic E-state index is 11.5. The van der Waals surface area contributed by atoms with Gasteiger partial charge in [0.25, 0.3) is 0 Å². The molecule has 0 radical (unpaired) electrons. The van der Waals surface area contributed by atoms with Gasteiger partial charge >= 0.3 is 0 Å². The summed E-state index contributed by atoms with van der Waals surface area (Å²) < 4.78 is 0. The number of hydrogen-bond acceptors (Lipinski definition) is 3. The maximum Gasteiger partial charge on any atom is 0.238 e. The summed E-state index contributed by atoms with van der Waals surface area (Å²) in [6.07, 6.45) is 0. The Bertz CT molecular complexity index is 249. The summed E-state index contributed by atoms with van der Waals surface area (Å²) in [5.41, 5.74) is 4.58. The van der Waals surface area contributed by atoms with Crippen LogP contribution in [0.4, 0.5) is 0 Å². The van der Waals surface area contributed by atoms with Crippen molar-refractivity contribution in [1.29, 1.82) is 0 Å². The summed E-state index contributed by atoms with van der Waals surface area (Å²) in [7, 11) is 3.39. The van der Waals surface area contributed by atoms with Gasteiger partial charge in [0.2, 0.25) is 11.8 Å². The van der Waals surface area contributed by atoms with Crippen molar-refractivity contribution in [1.82, 2.24) is 10.2 Å². The Hall–Kier alpha value is -1.10. The molecule has 1 unspecified atom stereocenters. The van der Waals surface area contributed by atoms with Crippen LogP contribution in [0.2, 0.25) is 0 Å². The molecule has 0 heterocycles. The molecule has 0 aromatic rings. The minimum Gasteiger partial charge on any atom is -0.369 e. The first-order chi connectivity index (χ1) is 6.68. The highest BCUT2D eigenvalue weighted by molar-refractivity contribution is 5.82. The molecule has 0 fully saturated rings. The van der Waals surface area contributed by atoms with Gasteiger partial charge in [0.1, 0.15) is 0 Å². The quantitative estimate of drug-likeness (QED) is 0.653. The largest absolute Gasteiger partial charge is 0.369 e. The van der Waals surface area contributed by atoms with Crippen LogP contribution >= 0.6 is 0 Å². The molecule has 0 rings (SSSR count). The number of carbonyl (C=O) groups is 2. The zero-order valence-electron chi connectivity index (χ0n) is 10.1. The molecule has 0 aromatic heterocycles. The molecular weight excluding hydrogens is 194 g/mol. The number of carbonyl (C=O) groups excluding carboxylic acids is 2. The fourth-order valence-corrected chi connectivity index (χ4v) is 0.970. The molecular formula is C10H21N3O2. The van der Waals surface area contributed by atoms with Crippen molar-refractivity contribution in [2.45, 2.75) is 26.8 Å². The van der Waals surface area contributed by atoms with Crippen molar-refractivity contribution in [3.05, 3.63) is 0 Å². The van der Waals surface area contributed by atoms with Crippen molar-refractivity contribution < 1.29 is 9.59 Å². The molecule has 88 valence electrons. The van der Waals surface area contributed by atoms with Gasteiger partial charge in [-0.15, -0.1) is 0 Å². The molecule has 2 amide bonds. The number of amides is 2. The Labute approximate surface area is 91.0 Å². The third-order valence-corrected chi connectivity index (χ3v) is 2.33. The Morgan fingerprint density at radius 1 is 1.40 bits per heavy atom. The number of nitrogens with zero attached hydrogens (tertiary/aromatic N) is 1. The summed E-state index contributed by atoms with van der Waals surface area (Å²) in [5, 5.41) is 2.99. The molecule has 15 heavy (non-hydrogen) atoms. The lowest BCUT2D eigenvalue weighted by molar-refractivity contribution is -0.131. The van der Waals surface area contributed by atoms with E-state index in [0.717, 1.165) is 0 Å². The Morgan fingerprint density at radius 3 is 2.20 bits per heavy atom. The van der Waals surface area contributed by atoms with Crippen LogP contribution in [-0.2, 0) is 9.59 Å². The van der Waals surface area contributed by atoms with E-state index >= 15 is 0 Å². The normalized spacial score (nSPS) is 13.4. The Kier molecular flexibility index (Phi) is 4.74. The zero-order chi connectivity index (χ0) is 12.2. The SMILES string of the molecule is CC(NCC(C)(C)C(N)=O)C(=O)N(C)C. The highest BCUT2D eigenvalue weighted by Crippen LogP contribution is 2.12. The predicted octanol–water partition coefficient (Wildman–Crippen LogP) is -0.436. The Balaban J connectivity index is 4.17. The van der Waals surface area contributed by atoms with E-state index in [4.69, 9.17) is 5.73 Å². The van der Waals surface area contributed by atoms with Gasteiger partial charge in [-0.05, 0) is 20.8 Å². The zero-order valence-corrected chi connectivity index (χ0v) is 10.1. The summed E-state index contributed by atoms with van der Waals surface area (Å²) in [5.74, 6) is -0.394. The number of likely N-dealkylation sites (N-methyl/N-ethyl adjacent to an activating group) is 1. The minimum absolute atomic E-state index is 0.0183. The van der Waals surface area contributed by atoms with E-state index in [1.54, 1.807) is 34.9 Å². The molecule has 0 aromatic carbocycles. The van der Waals surface area contributed by atoms with Crippen LogP contribution in [0.25, 0.3) is 0 Å². The van der Waals surface area contributed by atoms with E-state index in [9.17, 15) is 9.59 Å². The second-order valence-corrected chi connectivity index (χ2v) is 4.58. The molecule has 5 nitrogen and oxygen atoms in total. The first-order valence-electron chi connectivity index (χ1n) is 4.93. The van der Waals surface area contributed by atoms with Crippen molar-refractivity contribution in [2.75, 3.05) is 20.6 Å². The van der Waals surface area contributed by atoms with Crippen LogP contribution in [0.1, 0.15) is 20.8 Å². The van der Waals surface area contributed by atoms with E-state index in [-0.39, 0.29) is 17.9 Å². The number of nitrogens with two attached hydrogens (primary N) is 1. The van der Waals surface area contributed by atoms with Gasteiger partial charge in [-0.3, -0.25) is 9.59 Å². The molecule has 5 heteroatoms. The van der Waals surface area contributed by atoms with Crippen molar-refractivity contribution in [2.24, 2.45) is 11.1 Å². The monoisotopic (exact) mass is 215 g/mol. The van der Waals surface area contributed by atoms with Crippen LogP contribution in [0.15, 0.2) is 0 Å². The number of hydrogen-bond donors (Lipinski definition) is 2. The van der Waals surface area contributed by atoms with E-state index in [2.05, 4.69) is 5.32 Å².